The molecule has 3 rings (SSSR count). The van der Waals surface area contributed by atoms with Gasteiger partial charge in [0.15, 0.2) is 0 Å². The Hall–Kier alpha value is -1.44. The zero-order valence-electron chi connectivity index (χ0n) is 14.4. The molecule has 3 unspecified atom stereocenters. The van der Waals surface area contributed by atoms with Crippen LogP contribution in [0.4, 0.5) is 0 Å². The van der Waals surface area contributed by atoms with Crippen LogP contribution in [0.5, 0.6) is 0 Å². The zero-order valence-corrected chi connectivity index (χ0v) is 16.0. The fourth-order valence-corrected chi connectivity index (χ4v) is 3.95. The van der Waals surface area contributed by atoms with Crippen LogP contribution in [0.15, 0.2) is 48.5 Å². The molecule has 26 heavy (non-hydrogen) atoms. The minimum atomic E-state index is -3.65. The van der Waals surface area contributed by atoms with Crippen LogP contribution in [0.3, 0.4) is 0 Å². The van der Waals surface area contributed by atoms with Crippen LogP contribution in [0.1, 0.15) is 18.9 Å². The lowest BCUT2D eigenvalue weighted by atomic mass is 9.81. The molecule has 5 nitrogen and oxygen atoms in total. The average molecular weight is 396 g/mol. The summed E-state index contributed by atoms with van der Waals surface area (Å²) in [7, 11) is -3.65. The predicted octanol–water partition coefficient (Wildman–Crippen LogP) is 2.91. The molecule has 3 N–H and O–H groups in total. The van der Waals surface area contributed by atoms with E-state index >= 15 is 0 Å². The largest absolute Gasteiger partial charge is 0.382 e. The summed E-state index contributed by atoms with van der Waals surface area (Å²) < 4.78 is 28.5. The van der Waals surface area contributed by atoms with Crippen molar-refractivity contribution in [2.75, 3.05) is 13.2 Å². The van der Waals surface area contributed by atoms with E-state index in [1.807, 2.05) is 48.5 Å². The Bertz CT molecular complexity index is 867. The second-order valence-corrected chi connectivity index (χ2v) is 9.28. The fourth-order valence-electron chi connectivity index (χ4n) is 3.32. The summed E-state index contributed by atoms with van der Waals surface area (Å²) in [6.45, 7) is 1.99. The second-order valence-electron chi connectivity index (χ2n) is 6.86. The number of hydrogen-bond donors (Lipinski definition) is 2. The van der Waals surface area contributed by atoms with Crippen molar-refractivity contribution in [3.8, 4) is 11.1 Å². The van der Waals surface area contributed by atoms with Gasteiger partial charge in [0.05, 0.1) is 18.5 Å². The molecule has 1 saturated heterocycles. The van der Waals surface area contributed by atoms with Gasteiger partial charge in [-0.25, -0.2) is 13.6 Å². The number of primary sulfonamides is 1. The molecule has 0 saturated carbocycles. The Balaban J connectivity index is 1.83. The zero-order chi connectivity index (χ0) is 18.9. The molecular weight excluding hydrogens is 374 g/mol. The van der Waals surface area contributed by atoms with Crippen molar-refractivity contribution >= 4 is 21.6 Å². The summed E-state index contributed by atoms with van der Waals surface area (Å²) in [6, 6.07) is 15.1. The quantitative estimate of drug-likeness (QED) is 0.814. The highest BCUT2D eigenvalue weighted by Crippen LogP contribution is 2.39. The number of hydrogen-bond acceptors (Lipinski definition) is 4. The summed E-state index contributed by atoms with van der Waals surface area (Å²) in [4.78, 5) is 0. The number of benzene rings is 2. The van der Waals surface area contributed by atoms with Crippen LogP contribution in [0, 0.1) is 5.92 Å². The van der Waals surface area contributed by atoms with Crippen LogP contribution < -0.4 is 5.14 Å². The summed E-state index contributed by atoms with van der Waals surface area (Å²) in [5.41, 5.74) is 1.51. The molecule has 1 heterocycles. The fraction of sp³-hybridized carbons (Fsp3) is 0.368. The highest BCUT2D eigenvalue weighted by molar-refractivity contribution is 7.89. The third-order valence-electron chi connectivity index (χ3n) is 5.06. The molecule has 0 bridgehead atoms. The standard InChI is InChI=1S/C19H22ClNO4S/c1-13(26(21,23)24)10-17-11-25-12-19(17,22)16-6-2-14(3-7-16)15-4-8-18(20)9-5-15/h2-9,13,17,22H,10-12H2,1H3,(H2,21,23,24). The highest BCUT2D eigenvalue weighted by Gasteiger charge is 2.45. The van der Waals surface area contributed by atoms with E-state index in [0.717, 1.165) is 11.1 Å². The van der Waals surface area contributed by atoms with E-state index in [-0.39, 0.29) is 18.9 Å². The van der Waals surface area contributed by atoms with E-state index < -0.39 is 20.9 Å². The van der Waals surface area contributed by atoms with Gasteiger partial charge in [-0.05, 0) is 42.2 Å². The van der Waals surface area contributed by atoms with Gasteiger partial charge in [-0.15, -0.1) is 0 Å². The summed E-state index contributed by atoms with van der Waals surface area (Å²) in [5, 5.41) is 16.3. The molecule has 2 aromatic carbocycles. The highest BCUT2D eigenvalue weighted by atomic mass is 35.5. The van der Waals surface area contributed by atoms with Gasteiger partial charge in [0.1, 0.15) is 5.60 Å². The number of halogens is 1. The SMILES string of the molecule is CC(CC1COCC1(O)c1ccc(-c2ccc(Cl)cc2)cc1)S(N)(=O)=O. The molecule has 140 valence electrons. The average Bonchev–Trinajstić information content (AvgIpc) is 2.97. The molecular formula is C19H22ClNO4S. The van der Waals surface area contributed by atoms with Crippen LogP contribution >= 0.6 is 11.6 Å². The van der Waals surface area contributed by atoms with Crippen molar-refractivity contribution < 1.29 is 18.3 Å². The topological polar surface area (TPSA) is 89.6 Å². The Morgan fingerprint density at radius 1 is 1.19 bits per heavy atom. The minimum Gasteiger partial charge on any atom is -0.382 e. The summed E-state index contributed by atoms with van der Waals surface area (Å²) in [5.74, 6) is -0.336. The van der Waals surface area contributed by atoms with Gasteiger partial charge in [-0.1, -0.05) is 48.0 Å². The first-order valence-electron chi connectivity index (χ1n) is 8.38. The lowest BCUT2D eigenvalue weighted by molar-refractivity contribution is -0.00577. The van der Waals surface area contributed by atoms with Gasteiger partial charge in [0.25, 0.3) is 0 Å². The van der Waals surface area contributed by atoms with Gasteiger partial charge in [0.2, 0.25) is 10.0 Å². The van der Waals surface area contributed by atoms with Crippen molar-refractivity contribution in [3.63, 3.8) is 0 Å². The van der Waals surface area contributed by atoms with Crippen LogP contribution in [-0.4, -0.2) is 32.0 Å². The monoisotopic (exact) mass is 395 g/mol. The van der Waals surface area contributed by atoms with Gasteiger partial charge in [-0.3, -0.25) is 0 Å². The van der Waals surface area contributed by atoms with E-state index in [1.54, 1.807) is 6.92 Å². The first-order chi connectivity index (χ1) is 12.2. The maximum Gasteiger partial charge on any atom is 0.211 e. The van der Waals surface area contributed by atoms with Crippen LogP contribution in [-0.2, 0) is 20.4 Å². The normalized spacial score (nSPS) is 24.5. The second kappa shape index (κ2) is 7.29. The van der Waals surface area contributed by atoms with Gasteiger partial charge < -0.3 is 9.84 Å². The van der Waals surface area contributed by atoms with E-state index in [2.05, 4.69) is 0 Å². The van der Waals surface area contributed by atoms with Gasteiger partial charge >= 0.3 is 0 Å². The summed E-state index contributed by atoms with van der Waals surface area (Å²) >= 11 is 5.92. The van der Waals surface area contributed by atoms with Crippen molar-refractivity contribution in [2.45, 2.75) is 24.2 Å². The first-order valence-corrected chi connectivity index (χ1v) is 10.4. The number of nitrogens with two attached hydrogens (primary N) is 1. The molecule has 0 spiro atoms. The molecule has 0 amide bonds. The van der Waals surface area contributed by atoms with Crippen molar-refractivity contribution in [1.82, 2.24) is 0 Å². The van der Waals surface area contributed by atoms with Crippen LogP contribution in [0.2, 0.25) is 5.02 Å². The Morgan fingerprint density at radius 2 is 1.73 bits per heavy atom. The molecule has 0 radical (unpaired) electrons. The molecule has 1 aliphatic rings. The Labute approximate surface area is 158 Å². The molecule has 2 aromatic rings. The minimum absolute atomic E-state index is 0.134. The number of rotatable bonds is 5. The Morgan fingerprint density at radius 3 is 2.27 bits per heavy atom. The number of ether oxygens (including phenoxy) is 1. The maximum atomic E-state index is 11.5. The molecule has 0 aliphatic carbocycles. The summed E-state index contributed by atoms with van der Waals surface area (Å²) in [6.07, 6.45) is 0.244. The third kappa shape index (κ3) is 3.94. The smallest absolute Gasteiger partial charge is 0.211 e. The van der Waals surface area contributed by atoms with E-state index in [9.17, 15) is 13.5 Å². The molecule has 1 fully saturated rings. The van der Waals surface area contributed by atoms with E-state index in [4.69, 9.17) is 21.5 Å². The maximum absolute atomic E-state index is 11.5. The number of aliphatic hydroxyl groups is 1. The van der Waals surface area contributed by atoms with Gasteiger partial charge in [-0.2, -0.15) is 0 Å². The van der Waals surface area contributed by atoms with Gasteiger partial charge in [0, 0.05) is 10.9 Å². The van der Waals surface area contributed by atoms with Crippen molar-refractivity contribution in [3.05, 3.63) is 59.1 Å². The molecule has 1 aliphatic heterocycles. The molecule has 0 aromatic heterocycles. The molecule has 7 heteroatoms. The Kier molecular flexibility index (Phi) is 5.42. The lowest BCUT2D eigenvalue weighted by Gasteiger charge is -2.30. The van der Waals surface area contributed by atoms with E-state index in [1.165, 1.54) is 0 Å². The molecule has 3 atom stereocenters. The van der Waals surface area contributed by atoms with Crippen LogP contribution in [0.25, 0.3) is 11.1 Å². The van der Waals surface area contributed by atoms with E-state index in [0.29, 0.717) is 17.2 Å². The number of sulfonamides is 1. The third-order valence-corrected chi connectivity index (χ3v) is 6.62. The first kappa shape index (κ1) is 19.3. The van der Waals surface area contributed by atoms with Crippen molar-refractivity contribution in [1.29, 1.82) is 0 Å². The lowest BCUT2D eigenvalue weighted by Crippen LogP contribution is -2.38. The predicted molar refractivity (Wildman–Crippen MR) is 102 cm³/mol. The van der Waals surface area contributed by atoms with Crippen molar-refractivity contribution in [2.24, 2.45) is 11.1 Å².